The van der Waals surface area contributed by atoms with E-state index in [2.05, 4.69) is 21.2 Å². The van der Waals surface area contributed by atoms with Crippen molar-refractivity contribution in [1.29, 1.82) is 0 Å². The number of carboxylic acids is 1. The van der Waals surface area contributed by atoms with Gasteiger partial charge in [0.15, 0.2) is 6.10 Å². The molecule has 0 aliphatic carbocycles. The van der Waals surface area contributed by atoms with Gasteiger partial charge in [-0.3, -0.25) is 4.79 Å². The smallest absolute Gasteiger partial charge is 0.339 e. The Balaban J connectivity index is 2.87. The maximum absolute atomic E-state index is 11.7. The van der Waals surface area contributed by atoms with Crippen LogP contribution in [0.5, 0.6) is 5.75 Å². The van der Waals surface area contributed by atoms with E-state index in [4.69, 9.17) is 9.84 Å². The summed E-state index contributed by atoms with van der Waals surface area (Å²) in [7, 11) is 0. The Morgan fingerprint density at radius 3 is 2.74 bits per heavy atom. The van der Waals surface area contributed by atoms with Crippen LogP contribution in [0.25, 0.3) is 0 Å². The largest absolute Gasteiger partial charge is 0.479 e. The highest BCUT2D eigenvalue weighted by Gasteiger charge is 2.20. The minimum atomic E-state index is -1.10. The fourth-order valence-corrected chi connectivity index (χ4v) is 1.88. The summed E-state index contributed by atoms with van der Waals surface area (Å²) in [6, 6.07) is 4.69. The summed E-state index contributed by atoms with van der Waals surface area (Å²) in [5, 5.41) is 11.8. The molecule has 104 valence electrons. The van der Waals surface area contributed by atoms with E-state index in [1.54, 1.807) is 19.1 Å². The van der Waals surface area contributed by atoms with Gasteiger partial charge in [0, 0.05) is 6.54 Å². The molecule has 6 heteroatoms. The molecule has 0 saturated carbocycles. The molecule has 0 aliphatic rings. The van der Waals surface area contributed by atoms with Gasteiger partial charge < -0.3 is 15.2 Å². The van der Waals surface area contributed by atoms with Crippen molar-refractivity contribution < 1.29 is 19.4 Å². The zero-order valence-corrected chi connectivity index (χ0v) is 12.4. The highest BCUT2D eigenvalue weighted by atomic mass is 79.9. The normalized spacial score (nSPS) is 11.7. The fraction of sp³-hybridized carbons (Fsp3) is 0.385. The molecule has 0 aromatic heterocycles. The molecule has 1 amide bonds. The van der Waals surface area contributed by atoms with Crippen LogP contribution in [-0.4, -0.2) is 29.6 Å². The molecule has 19 heavy (non-hydrogen) atoms. The van der Waals surface area contributed by atoms with Crippen LogP contribution in [0.1, 0.15) is 30.6 Å². The van der Waals surface area contributed by atoms with E-state index in [-0.39, 0.29) is 17.2 Å². The van der Waals surface area contributed by atoms with E-state index in [0.717, 1.165) is 6.42 Å². The quantitative estimate of drug-likeness (QED) is 0.840. The average molecular weight is 330 g/mol. The molecule has 0 heterocycles. The maximum atomic E-state index is 11.7. The van der Waals surface area contributed by atoms with E-state index in [9.17, 15) is 9.59 Å². The van der Waals surface area contributed by atoms with E-state index >= 15 is 0 Å². The molecule has 5 nitrogen and oxygen atoms in total. The lowest BCUT2D eigenvalue weighted by molar-refractivity contribution is -0.127. The summed E-state index contributed by atoms with van der Waals surface area (Å²) in [5.74, 6) is -1.21. The number of hydrogen-bond acceptors (Lipinski definition) is 3. The van der Waals surface area contributed by atoms with Crippen molar-refractivity contribution in [2.24, 2.45) is 0 Å². The number of benzene rings is 1. The molecule has 1 aromatic rings. The minimum Gasteiger partial charge on any atom is -0.479 e. The van der Waals surface area contributed by atoms with Crippen LogP contribution in [0, 0.1) is 0 Å². The average Bonchev–Trinajstić information content (AvgIpc) is 2.37. The van der Waals surface area contributed by atoms with Crippen molar-refractivity contribution in [3.05, 3.63) is 28.2 Å². The summed E-state index contributed by atoms with van der Waals surface area (Å²) >= 11 is 3.23. The number of carbonyl (C=O) groups is 2. The third kappa shape index (κ3) is 4.24. The predicted octanol–water partition coefficient (Wildman–Crippen LogP) is 2.44. The van der Waals surface area contributed by atoms with Crippen molar-refractivity contribution in [3.8, 4) is 5.75 Å². The van der Waals surface area contributed by atoms with Crippen molar-refractivity contribution in [2.45, 2.75) is 26.4 Å². The monoisotopic (exact) mass is 329 g/mol. The second-order valence-electron chi connectivity index (χ2n) is 3.97. The molecule has 1 atom stereocenters. The van der Waals surface area contributed by atoms with Crippen molar-refractivity contribution in [3.63, 3.8) is 0 Å². The number of nitrogens with one attached hydrogen (secondary N) is 1. The molecule has 0 bridgehead atoms. The first-order chi connectivity index (χ1) is 8.97. The van der Waals surface area contributed by atoms with Crippen LogP contribution < -0.4 is 10.1 Å². The lowest BCUT2D eigenvalue weighted by atomic mass is 10.2. The van der Waals surface area contributed by atoms with Crippen molar-refractivity contribution in [2.75, 3.05) is 6.54 Å². The van der Waals surface area contributed by atoms with Crippen LogP contribution in [0.3, 0.4) is 0 Å². The molecule has 1 unspecified atom stereocenters. The number of para-hydroxylation sites is 1. The molecule has 1 rings (SSSR count). The SMILES string of the molecule is CCCNC(=O)C(C)Oc1c(Br)cccc1C(=O)O. The van der Waals surface area contributed by atoms with Crippen LogP contribution >= 0.6 is 15.9 Å². The first-order valence-electron chi connectivity index (χ1n) is 5.93. The molecule has 0 spiro atoms. The third-order valence-corrected chi connectivity index (χ3v) is 3.03. The molecule has 0 aliphatic heterocycles. The van der Waals surface area contributed by atoms with E-state index in [1.807, 2.05) is 6.92 Å². The number of ether oxygens (including phenoxy) is 1. The molecule has 2 N–H and O–H groups in total. The van der Waals surface area contributed by atoms with Gasteiger partial charge >= 0.3 is 5.97 Å². The van der Waals surface area contributed by atoms with Gasteiger partial charge in [-0.15, -0.1) is 0 Å². The lowest BCUT2D eigenvalue weighted by Gasteiger charge is -2.17. The number of amides is 1. The molecule has 1 aromatic carbocycles. The molecule has 0 radical (unpaired) electrons. The fourth-order valence-electron chi connectivity index (χ4n) is 1.42. The number of rotatable bonds is 6. The van der Waals surface area contributed by atoms with Crippen LogP contribution in [0.4, 0.5) is 0 Å². The summed E-state index contributed by atoms with van der Waals surface area (Å²) in [6.45, 7) is 4.09. The lowest BCUT2D eigenvalue weighted by Crippen LogP contribution is -2.37. The van der Waals surface area contributed by atoms with Gasteiger partial charge in [0.1, 0.15) is 11.3 Å². The zero-order chi connectivity index (χ0) is 14.4. The highest BCUT2D eigenvalue weighted by Crippen LogP contribution is 2.30. The number of carboxylic acid groups (broad SMARTS) is 1. The van der Waals surface area contributed by atoms with E-state index in [1.165, 1.54) is 6.07 Å². The summed E-state index contributed by atoms with van der Waals surface area (Å²) < 4.78 is 5.96. The number of carbonyl (C=O) groups excluding carboxylic acids is 1. The topological polar surface area (TPSA) is 75.6 Å². The Labute approximate surface area is 120 Å². The Bertz CT molecular complexity index is 476. The Kier molecular flexibility index (Phi) is 5.82. The van der Waals surface area contributed by atoms with Gasteiger partial charge in [0.05, 0.1) is 4.47 Å². The number of halogens is 1. The van der Waals surface area contributed by atoms with Gasteiger partial charge in [0.25, 0.3) is 5.91 Å². The number of hydrogen-bond donors (Lipinski definition) is 2. The van der Waals surface area contributed by atoms with Gasteiger partial charge in [-0.05, 0) is 41.4 Å². The standard InChI is InChI=1S/C13H16BrNO4/c1-3-7-15-12(16)8(2)19-11-9(13(17)18)5-4-6-10(11)14/h4-6,8H,3,7H2,1-2H3,(H,15,16)(H,17,18). The van der Waals surface area contributed by atoms with E-state index in [0.29, 0.717) is 11.0 Å². The molecular weight excluding hydrogens is 314 g/mol. The maximum Gasteiger partial charge on any atom is 0.339 e. The predicted molar refractivity (Wildman–Crippen MR) is 74.5 cm³/mol. The van der Waals surface area contributed by atoms with Crippen molar-refractivity contribution in [1.82, 2.24) is 5.32 Å². The first kappa shape index (κ1) is 15.5. The zero-order valence-electron chi connectivity index (χ0n) is 10.8. The Morgan fingerprint density at radius 1 is 1.47 bits per heavy atom. The number of aromatic carboxylic acids is 1. The second kappa shape index (κ2) is 7.13. The van der Waals surface area contributed by atoms with Gasteiger partial charge in [-0.2, -0.15) is 0 Å². The molecular formula is C13H16BrNO4. The summed E-state index contributed by atoms with van der Waals surface area (Å²) in [5.41, 5.74) is 0.0181. The van der Waals surface area contributed by atoms with Gasteiger partial charge in [-0.25, -0.2) is 4.79 Å². The van der Waals surface area contributed by atoms with Gasteiger partial charge in [0.2, 0.25) is 0 Å². The van der Waals surface area contributed by atoms with Gasteiger partial charge in [-0.1, -0.05) is 13.0 Å². The first-order valence-corrected chi connectivity index (χ1v) is 6.72. The van der Waals surface area contributed by atoms with Crippen LogP contribution in [0.15, 0.2) is 22.7 Å². The minimum absolute atomic E-state index is 0.0181. The van der Waals surface area contributed by atoms with Crippen molar-refractivity contribution >= 4 is 27.8 Å². The second-order valence-corrected chi connectivity index (χ2v) is 4.83. The highest BCUT2D eigenvalue weighted by molar-refractivity contribution is 9.10. The Morgan fingerprint density at radius 2 is 2.16 bits per heavy atom. The summed E-state index contributed by atoms with van der Waals surface area (Å²) in [6.07, 6.45) is 0.0665. The molecule has 0 fully saturated rings. The molecule has 0 saturated heterocycles. The van der Waals surface area contributed by atoms with Crippen LogP contribution in [0.2, 0.25) is 0 Å². The Hall–Kier alpha value is -1.56. The third-order valence-electron chi connectivity index (χ3n) is 2.41. The summed E-state index contributed by atoms with van der Waals surface area (Å²) in [4.78, 5) is 22.8. The van der Waals surface area contributed by atoms with E-state index < -0.39 is 12.1 Å². The van der Waals surface area contributed by atoms with Crippen LogP contribution in [-0.2, 0) is 4.79 Å².